The number of hydrogen-bond donors (Lipinski definition) is 0. The molecule has 0 bridgehead atoms. The minimum atomic E-state index is 0.149. The lowest BCUT2D eigenvalue weighted by Crippen LogP contribution is -2.51. The zero-order chi connectivity index (χ0) is 19.3. The molecule has 4 nitrogen and oxygen atoms in total. The average molecular weight is 401 g/mol. The summed E-state index contributed by atoms with van der Waals surface area (Å²) in [6, 6.07) is 10.4. The Bertz CT molecular complexity index is 664. The third-order valence-corrected chi connectivity index (χ3v) is 7.88. The Morgan fingerprint density at radius 2 is 1.54 bits per heavy atom. The molecule has 3 aliphatic rings. The number of thioether (sulfide) groups is 1. The van der Waals surface area contributed by atoms with Gasteiger partial charge in [-0.2, -0.15) is 0 Å². The second-order valence-electron chi connectivity index (χ2n) is 8.49. The maximum absolute atomic E-state index is 12.8. The van der Waals surface area contributed by atoms with Crippen molar-refractivity contribution in [3.8, 4) is 0 Å². The molecule has 0 spiro atoms. The third-order valence-electron chi connectivity index (χ3n) is 6.52. The number of benzene rings is 1. The van der Waals surface area contributed by atoms with Crippen LogP contribution in [0.2, 0.25) is 0 Å². The van der Waals surface area contributed by atoms with Crippen molar-refractivity contribution in [2.75, 3.05) is 31.9 Å². The third kappa shape index (κ3) is 4.91. The van der Waals surface area contributed by atoms with Gasteiger partial charge in [0.05, 0.1) is 5.75 Å². The van der Waals surface area contributed by atoms with Crippen molar-refractivity contribution in [3.63, 3.8) is 0 Å². The highest BCUT2D eigenvalue weighted by Gasteiger charge is 2.46. The quantitative estimate of drug-likeness (QED) is 0.704. The zero-order valence-corrected chi connectivity index (χ0v) is 17.5. The summed E-state index contributed by atoms with van der Waals surface area (Å²) in [4.78, 5) is 29.3. The van der Waals surface area contributed by atoms with Crippen LogP contribution in [-0.2, 0) is 9.59 Å². The van der Waals surface area contributed by atoms with Gasteiger partial charge in [0, 0.05) is 37.3 Å². The van der Waals surface area contributed by atoms with Crippen LogP contribution in [0.25, 0.3) is 0 Å². The molecule has 1 aliphatic heterocycles. The van der Waals surface area contributed by atoms with E-state index in [1.807, 2.05) is 39.8 Å². The first-order valence-electron chi connectivity index (χ1n) is 11.0. The van der Waals surface area contributed by atoms with Gasteiger partial charge in [0.1, 0.15) is 0 Å². The van der Waals surface area contributed by atoms with Gasteiger partial charge in [-0.3, -0.25) is 9.59 Å². The number of rotatable bonds is 5. The minimum absolute atomic E-state index is 0.149. The molecule has 3 fully saturated rings. The molecular formula is C23H32N2O2S. The number of amides is 2. The molecule has 0 unspecified atom stereocenters. The number of carbonyl (C=O) groups is 2. The fourth-order valence-electron chi connectivity index (χ4n) is 4.64. The van der Waals surface area contributed by atoms with Gasteiger partial charge in [0.25, 0.3) is 0 Å². The Balaban J connectivity index is 1.19. The molecule has 1 saturated heterocycles. The largest absolute Gasteiger partial charge is 0.339 e. The van der Waals surface area contributed by atoms with Gasteiger partial charge in [-0.1, -0.05) is 56.0 Å². The SMILES string of the molecule is O=C(CSC1CCCCCC1)N1CCN(C(=O)[C@@H]2C[C@H]2c2ccccc2)CC1. The van der Waals surface area contributed by atoms with Crippen LogP contribution in [0.1, 0.15) is 56.4 Å². The lowest BCUT2D eigenvalue weighted by atomic mass is 10.1. The standard InChI is InChI=1S/C23H32N2O2S/c26-22(17-28-19-10-6-1-2-7-11-19)24-12-14-25(15-13-24)23(27)21-16-20(21)18-8-4-3-5-9-18/h3-5,8-9,19-21H,1-2,6-7,10-17H2/t20-,21+/m0/s1. The fourth-order valence-corrected chi connectivity index (χ4v) is 5.86. The van der Waals surface area contributed by atoms with Crippen molar-refractivity contribution in [1.29, 1.82) is 0 Å². The van der Waals surface area contributed by atoms with Gasteiger partial charge in [-0.05, 0) is 30.7 Å². The lowest BCUT2D eigenvalue weighted by molar-refractivity contribution is -0.139. The van der Waals surface area contributed by atoms with Crippen molar-refractivity contribution >= 4 is 23.6 Å². The van der Waals surface area contributed by atoms with Crippen molar-refractivity contribution in [1.82, 2.24) is 9.80 Å². The molecule has 152 valence electrons. The normalized spacial score (nSPS) is 26.0. The Morgan fingerprint density at radius 1 is 0.893 bits per heavy atom. The summed E-state index contributed by atoms with van der Waals surface area (Å²) >= 11 is 1.86. The highest BCUT2D eigenvalue weighted by molar-refractivity contribution is 8.00. The van der Waals surface area contributed by atoms with E-state index in [0.717, 1.165) is 6.42 Å². The molecule has 0 aromatic heterocycles. The van der Waals surface area contributed by atoms with Crippen LogP contribution in [0.15, 0.2) is 30.3 Å². The van der Waals surface area contributed by atoms with E-state index in [4.69, 9.17) is 0 Å². The highest BCUT2D eigenvalue weighted by atomic mass is 32.2. The molecule has 4 rings (SSSR count). The van der Waals surface area contributed by atoms with Crippen molar-refractivity contribution < 1.29 is 9.59 Å². The molecule has 2 aliphatic carbocycles. The summed E-state index contributed by atoms with van der Waals surface area (Å²) in [7, 11) is 0. The Morgan fingerprint density at radius 3 is 2.21 bits per heavy atom. The second-order valence-corrected chi connectivity index (χ2v) is 9.78. The van der Waals surface area contributed by atoms with Gasteiger partial charge >= 0.3 is 0 Å². The monoisotopic (exact) mass is 400 g/mol. The summed E-state index contributed by atoms with van der Waals surface area (Å²) in [6.07, 6.45) is 8.85. The van der Waals surface area contributed by atoms with Crippen LogP contribution in [0.4, 0.5) is 0 Å². The fraction of sp³-hybridized carbons (Fsp3) is 0.652. The summed E-state index contributed by atoms with van der Waals surface area (Å²) in [6.45, 7) is 2.77. The predicted molar refractivity (Wildman–Crippen MR) is 114 cm³/mol. The molecule has 1 aromatic rings. The number of piperazine rings is 1. The van der Waals surface area contributed by atoms with Crippen molar-refractivity contribution in [2.24, 2.45) is 5.92 Å². The molecule has 0 radical (unpaired) electrons. The van der Waals surface area contributed by atoms with Crippen LogP contribution < -0.4 is 0 Å². The first-order valence-corrected chi connectivity index (χ1v) is 12.0. The molecule has 1 aromatic carbocycles. The highest BCUT2D eigenvalue weighted by Crippen LogP contribution is 2.48. The molecule has 1 heterocycles. The van der Waals surface area contributed by atoms with E-state index in [0.29, 0.717) is 43.1 Å². The first kappa shape index (κ1) is 19.8. The van der Waals surface area contributed by atoms with Crippen molar-refractivity contribution in [2.45, 2.75) is 56.1 Å². The smallest absolute Gasteiger partial charge is 0.232 e. The van der Waals surface area contributed by atoms with Crippen LogP contribution in [-0.4, -0.2) is 58.8 Å². The Hall–Kier alpha value is -1.49. The van der Waals surface area contributed by atoms with Crippen LogP contribution in [0.3, 0.4) is 0 Å². The van der Waals surface area contributed by atoms with Crippen LogP contribution >= 0.6 is 11.8 Å². The lowest BCUT2D eigenvalue weighted by Gasteiger charge is -2.35. The summed E-state index contributed by atoms with van der Waals surface area (Å²) in [5.41, 5.74) is 1.28. The van der Waals surface area contributed by atoms with Gasteiger partial charge in [-0.15, -0.1) is 11.8 Å². The second kappa shape index (κ2) is 9.34. The van der Waals surface area contributed by atoms with Crippen molar-refractivity contribution in [3.05, 3.63) is 35.9 Å². The van der Waals surface area contributed by atoms with Gasteiger partial charge in [0.15, 0.2) is 0 Å². The molecule has 2 atom stereocenters. The maximum Gasteiger partial charge on any atom is 0.232 e. The van der Waals surface area contributed by atoms with E-state index in [1.165, 1.54) is 44.1 Å². The summed E-state index contributed by atoms with van der Waals surface area (Å²) in [5.74, 6) is 1.70. The van der Waals surface area contributed by atoms with Gasteiger partial charge in [-0.25, -0.2) is 0 Å². The minimum Gasteiger partial charge on any atom is -0.339 e. The van der Waals surface area contributed by atoms with E-state index in [-0.39, 0.29) is 17.7 Å². The van der Waals surface area contributed by atoms with Crippen LogP contribution in [0, 0.1) is 5.92 Å². The maximum atomic E-state index is 12.8. The molecule has 5 heteroatoms. The van der Waals surface area contributed by atoms with E-state index < -0.39 is 0 Å². The predicted octanol–water partition coefficient (Wildman–Crippen LogP) is 3.92. The Kier molecular flexibility index (Phi) is 6.61. The Labute approximate surface area is 173 Å². The van der Waals surface area contributed by atoms with Gasteiger partial charge in [0.2, 0.25) is 11.8 Å². The van der Waals surface area contributed by atoms with Gasteiger partial charge < -0.3 is 9.80 Å². The molecule has 2 amide bonds. The van der Waals surface area contributed by atoms with E-state index in [1.54, 1.807) is 0 Å². The number of carbonyl (C=O) groups excluding carboxylic acids is 2. The summed E-state index contributed by atoms with van der Waals surface area (Å²) < 4.78 is 0. The topological polar surface area (TPSA) is 40.6 Å². The average Bonchev–Trinajstić information content (AvgIpc) is 3.57. The molecule has 28 heavy (non-hydrogen) atoms. The van der Waals surface area contributed by atoms with E-state index in [2.05, 4.69) is 12.1 Å². The number of hydrogen-bond acceptors (Lipinski definition) is 3. The zero-order valence-electron chi connectivity index (χ0n) is 16.7. The molecule has 0 N–H and O–H groups in total. The van der Waals surface area contributed by atoms with Crippen LogP contribution in [0.5, 0.6) is 0 Å². The number of nitrogens with zero attached hydrogens (tertiary/aromatic N) is 2. The van der Waals surface area contributed by atoms with E-state index >= 15 is 0 Å². The molecule has 2 saturated carbocycles. The summed E-state index contributed by atoms with van der Waals surface area (Å²) in [5, 5.41) is 0.666. The molecular weight excluding hydrogens is 368 g/mol. The van der Waals surface area contributed by atoms with E-state index in [9.17, 15) is 9.59 Å². The first-order chi connectivity index (χ1) is 13.7.